The lowest BCUT2D eigenvalue weighted by Gasteiger charge is -2.13. The van der Waals surface area contributed by atoms with Crippen molar-refractivity contribution in [1.82, 2.24) is 4.90 Å². The predicted molar refractivity (Wildman–Crippen MR) is 128 cm³/mol. The lowest BCUT2D eigenvalue weighted by molar-refractivity contribution is -0.127. The van der Waals surface area contributed by atoms with Crippen LogP contribution in [0.5, 0.6) is 11.5 Å². The largest absolute Gasteiger partial charge is 0.493 e. The number of rotatable bonds is 9. The molecule has 0 unspecified atom stereocenters. The Balaban J connectivity index is 1.69. The molecule has 2 aromatic rings. The van der Waals surface area contributed by atoms with Gasteiger partial charge < -0.3 is 14.8 Å². The lowest BCUT2D eigenvalue weighted by Crippen LogP contribution is -2.36. The van der Waals surface area contributed by atoms with Crippen molar-refractivity contribution < 1.29 is 23.9 Å². The number of nitrogens with zero attached hydrogens (tertiary/aromatic N) is 1. The molecule has 0 spiro atoms. The highest BCUT2D eigenvalue weighted by molar-refractivity contribution is 8.18. The summed E-state index contributed by atoms with van der Waals surface area (Å²) in [6, 6.07) is 12.6. The van der Waals surface area contributed by atoms with Crippen molar-refractivity contribution in [3.05, 3.63) is 52.9 Å². The van der Waals surface area contributed by atoms with Crippen molar-refractivity contribution in [2.75, 3.05) is 31.8 Å². The van der Waals surface area contributed by atoms with Gasteiger partial charge in [0.05, 0.1) is 18.6 Å². The average molecular weight is 473 g/mol. The molecular weight excluding hydrogens is 448 g/mol. The Morgan fingerprint density at radius 2 is 2.00 bits per heavy atom. The maximum atomic E-state index is 12.7. The van der Waals surface area contributed by atoms with Gasteiger partial charge in [-0.2, -0.15) is 0 Å². The first-order valence-corrected chi connectivity index (χ1v) is 12.0. The number of nitrogens with one attached hydrogen (secondary N) is 1. The Morgan fingerprint density at radius 1 is 1.19 bits per heavy atom. The van der Waals surface area contributed by atoms with Crippen molar-refractivity contribution >= 4 is 52.3 Å². The predicted octanol–water partition coefficient (Wildman–Crippen LogP) is 4.88. The molecule has 2 aromatic carbocycles. The summed E-state index contributed by atoms with van der Waals surface area (Å²) in [7, 11) is 1.54. The Bertz CT molecular complexity index is 1050. The van der Waals surface area contributed by atoms with Crippen LogP contribution in [0.15, 0.2) is 52.3 Å². The number of methoxy groups -OCH3 is 1. The second kappa shape index (κ2) is 11.1. The quantitative estimate of drug-likeness (QED) is 0.411. The zero-order valence-corrected chi connectivity index (χ0v) is 19.7. The van der Waals surface area contributed by atoms with E-state index >= 15 is 0 Å². The molecule has 9 heteroatoms. The fourth-order valence-corrected chi connectivity index (χ4v) is 4.24. The molecule has 1 N–H and O–H groups in total. The molecule has 3 rings (SSSR count). The normalized spacial score (nSPS) is 14.7. The van der Waals surface area contributed by atoms with Gasteiger partial charge in [0.25, 0.3) is 11.1 Å². The monoisotopic (exact) mass is 472 g/mol. The van der Waals surface area contributed by atoms with E-state index in [9.17, 15) is 14.4 Å². The number of anilines is 1. The van der Waals surface area contributed by atoms with E-state index in [0.29, 0.717) is 29.4 Å². The number of amides is 3. The summed E-state index contributed by atoms with van der Waals surface area (Å²) in [4.78, 5) is 39.7. The van der Waals surface area contributed by atoms with E-state index in [1.165, 1.54) is 0 Å². The van der Waals surface area contributed by atoms with E-state index < -0.39 is 17.1 Å². The molecule has 0 saturated carbocycles. The molecule has 168 valence electrons. The van der Waals surface area contributed by atoms with Gasteiger partial charge in [0, 0.05) is 10.6 Å². The topological polar surface area (TPSA) is 84.9 Å². The van der Waals surface area contributed by atoms with Crippen molar-refractivity contribution in [3.63, 3.8) is 0 Å². The minimum Gasteiger partial charge on any atom is -0.493 e. The minimum atomic E-state index is -0.502. The van der Waals surface area contributed by atoms with Crippen LogP contribution in [-0.4, -0.2) is 48.5 Å². The fourth-order valence-electron chi connectivity index (χ4n) is 2.94. The number of imide groups is 1. The van der Waals surface area contributed by atoms with Crippen LogP contribution in [0, 0.1) is 0 Å². The van der Waals surface area contributed by atoms with Gasteiger partial charge in [-0.3, -0.25) is 19.3 Å². The molecule has 0 radical (unpaired) electrons. The standard InChI is InChI=1S/C23H24N2O5S2/c1-4-10-30-18-9-8-15(11-19(18)29-2)12-20-22(27)25(23(28)32-20)14-21(26)24-16-6-5-7-17(13-16)31-3/h5-9,11-13H,4,10,14H2,1-3H3,(H,24,26)/b20-12-. The Morgan fingerprint density at radius 3 is 2.72 bits per heavy atom. The zero-order valence-electron chi connectivity index (χ0n) is 18.0. The smallest absolute Gasteiger partial charge is 0.294 e. The third kappa shape index (κ3) is 5.86. The third-order valence-corrected chi connectivity index (χ3v) is 6.11. The van der Waals surface area contributed by atoms with Crippen LogP contribution >= 0.6 is 23.5 Å². The molecule has 1 heterocycles. The van der Waals surface area contributed by atoms with Gasteiger partial charge in [0.15, 0.2) is 11.5 Å². The molecule has 1 saturated heterocycles. The molecule has 7 nitrogen and oxygen atoms in total. The van der Waals surface area contributed by atoms with Crippen LogP contribution in [0.2, 0.25) is 0 Å². The second-order valence-corrected chi connectivity index (χ2v) is 8.68. The van der Waals surface area contributed by atoms with Gasteiger partial charge in [0.2, 0.25) is 5.91 Å². The molecule has 0 atom stereocenters. The molecule has 0 bridgehead atoms. The van der Waals surface area contributed by atoms with E-state index in [1.807, 2.05) is 31.4 Å². The summed E-state index contributed by atoms with van der Waals surface area (Å²) in [6.07, 6.45) is 4.42. The first-order valence-electron chi connectivity index (χ1n) is 9.95. The van der Waals surface area contributed by atoms with Gasteiger partial charge in [-0.1, -0.05) is 19.1 Å². The molecule has 1 fully saturated rings. The van der Waals surface area contributed by atoms with E-state index in [0.717, 1.165) is 28.0 Å². The highest BCUT2D eigenvalue weighted by Crippen LogP contribution is 2.34. The fraction of sp³-hybridized carbons (Fsp3) is 0.261. The molecule has 3 amide bonds. The average Bonchev–Trinajstić information content (AvgIpc) is 3.05. The Kier molecular flexibility index (Phi) is 8.24. The third-order valence-electron chi connectivity index (χ3n) is 4.48. The van der Waals surface area contributed by atoms with E-state index in [-0.39, 0.29) is 11.4 Å². The Labute approximate surface area is 195 Å². The molecule has 0 aromatic heterocycles. The Hall–Kier alpha value is -2.91. The highest BCUT2D eigenvalue weighted by atomic mass is 32.2. The van der Waals surface area contributed by atoms with Crippen LogP contribution < -0.4 is 14.8 Å². The van der Waals surface area contributed by atoms with Crippen molar-refractivity contribution in [3.8, 4) is 11.5 Å². The molecule has 0 aliphatic carbocycles. The first kappa shape index (κ1) is 23.7. The van der Waals surface area contributed by atoms with Gasteiger partial charge >= 0.3 is 0 Å². The SMILES string of the molecule is CCCOc1ccc(/C=C2\SC(=O)N(CC(=O)Nc3cccc(SC)c3)C2=O)cc1OC. The molecular formula is C23H24N2O5S2. The van der Waals surface area contributed by atoms with Crippen LogP contribution in [0.4, 0.5) is 10.5 Å². The minimum absolute atomic E-state index is 0.247. The number of ether oxygens (including phenoxy) is 2. The molecule has 1 aliphatic heterocycles. The van der Waals surface area contributed by atoms with E-state index in [1.54, 1.807) is 49.2 Å². The van der Waals surface area contributed by atoms with Crippen LogP contribution in [0.3, 0.4) is 0 Å². The summed E-state index contributed by atoms with van der Waals surface area (Å²) in [5.41, 5.74) is 1.30. The van der Waals surface area contributed by atoms with Gasteiger partial charge in [-0.05, 0) is 66.4 Å². The highest BCUT2D eigenvalue weighted by Gasteiger charge is 2.36. The molecule has 1 aliphatic rings. The van der Waals surface area contributed by atoms with Gasteiger partial charge in [0.1, 0.15) is 6.54 Å². The summed E-state index contributed by atoms with van der Waals surface area (Å²) in [5, 5.41) is 2.25. The van der Waals surface area contributed by atoms with Crippen LogP contribution in [0.1, 0.15) is 18.9 Å². The summed E-state index contributed by atoms with van der Waals surface area (Å²) in [5.74, 6) is 0.212. The number of carbonyl (C=O) groups excluding carboxylic acids is 3. The number of hydrogen-bond acceptors (Lipinski definition) is 7. The van der Waals surface area contributed by atoms with Crippen molar-refractivity contribution in [2.45, 2.75) is 18.2 Å². The van der Waals surface area contributed by atoms with Crippen LogP contribution in [-0.2, 0) is 9.59 Å². The first-order chi connectivity index (χ1) is 15.4. The number of benzene rings is 2. The van der Waals surface area contributed by atoms with E-state index in [2.05, 4.69) is 5.32 Å². The van der Waals surface area contributed by atoms with Crippen LogP contribution in [0.25, 0.3) is 6.08 Å². The molecule has 32 heavy (non-hydrogen) atoms. The lowest BCUT2D eigenvalue weighted by atomic mass is 10.2. The second-order valence-electron chi connectivity index (χ2n) is 6.81. The van der Waals surface area contributed by atoms with Gasteiger partial charge in [-0.25, -0.2) is 0 Å². The van der Waals surface area contributed by atoms with E-state index in [4.69, 9.17) is 9.47 Å². The number of carbonyl (C=O) groups is 3. The summed E-state index contributed by atoms with van der Waals surface area (Å²) in [6.45, 7) is 2.23. The van der Waals surface area contributed by atoms with Gasteiger partial charge in [-0.15, -0.1) is 11.8 Å². The number of hydrogen-bond donors (Lipinski definition) is 1. The maximum Gasteiger partial charge on any atom is 0.294 e. The zero-order chi connectivity index (χ0) is 23.1. The van der Waals surface area contributed by atoms with Crippen molar-refractivity contribution in [1.29, 1.82) is 0 Å². The van der Waals surface area contributed by atoms with Crippen molar-refractivity contribution in [2.24, 2.45) is 0 Å². The summed E-state index contributed by atoms with van der Waals surface area (Å²) >= 11 is 2.36. The summed E-state index contributed by atoms with van der Waals surface area (Å²) < 4.78 is 11.0. The number of thioether (sulfide) groups is 2. The maximum absolute atomic E-state index is 12.7.